The summed E-state index contributed by atoms with van der Waals surface area (Å²) in [5.74, 6) is 0.837. The molecule has 2 rings (SSSR count). The van der Waals surface area contributed by atoms with Gasteiger partial charge in [0.15, 0.2) is 11.6 Å². The summed E-state index contributed by atoms with van der Waals surface area (Å²) in [7, 11) is 0. The summed E-state index contributed by atoms with van der Waals surface area (Å²) in [4.78, 5) is 8.15. The molecule has 2 aromatic rings. The highest BCUT2D eigenvalue weighted by Gasteiger charge is 2.06. The summed E-state index contributed by atoms with van der Waals surface area (Å²) < 4.78 is 12.8. The smallest absolute Gasteiger partial charge is 0.155 e. The second-order valence-electron chi connectivity index (χ2n) is 4.13. The number of nitrogens with two attached hydrogens (primary N) is 1. The number of nitrogens with one attached hydrogen (secondary N) is 2. The molecule has 0 saturated heterocycles. The van der Waals surface area contributed by atoms with Gasteiger partial charge in [0, 0.05) is 13.1 Å². The summed E-state index contributed by atoms with van der Waals surface area (Å²) in [5, 5.41) is 6.13. The second-order valence-corrected chi connectivity index (χ2v) is 4.13. The van der Waals surface area contributed by atoms with Gasteiger partial charge in [0.2, 0.25) is 0 Å². The Bertz CT molecular complexity index is 583. The molecule has 0 spiro atoms. The van der Waals surface area contributed by atoms with Crippen LogP contribution in [0.3, 0.4) is 0 Å². The minimum atomic E-state index is -0.258. The Hall–Kier alpha value is -2.63. The maximum absolute atomic E-state index is 12.8. The van der Waals surface area contributed by atoms with E-state index in [-0.39, 0.29) is 5.82 Å². The molecule has 6 heteroatoms. The summed E-state index contributed by atoms with van der Waals surface area (Å²) in [6, 6.07) is 6.24. The highest BCUT2D eigenvalue weighted by atomic mass is 19.1. The molecule has 1 aromatic heterocycles. The average Bonchev–Trinajstić information content (AvgIpc) is 2.47. The molecule has 0 aliphatic carbocycles. The molecule has 1 heterocycles. The molecule has 0 unspecified atom stereocenters. The second kappa shape index (κ2) is 6.51. The van der Waals surface area contributed by atoms with Gasteiger partial charge in [-0.15, -0.1) is 6.58 Å². The van der Waals surface area contributed by atoms with Gasteiger partial charge in [0.05, 0.1) is 0 Å². The lowest BCUT2D eigenvalue weighted by atomic mass is 10.2. The molecule has 104 valence electrons. The van der Waals surface area contributed by atoms with E-state index in [2.05, 4.69) is 27.2 Å². The number of anilines is 3. The Morgan fingerprint density at radius 3 is 2.45 bits per heavy atom. The maximum Gasteiger partial charge on any atom is 0.155 e. The molecule has 0 aliphatic heterocycles. The Labute approximate surface area is 116 Å². The molecule has 0 radical (unpaired) electrons. The minimum Gasteiger partial charge on any atom is -0.393 e. The summed E-state index contributed by atoms with van der Waals surface area (Å²) in [5.41, 5.74) is 7.34. The van der Waals surface area contributed by atoms with E-state index < -0.39 is 0 Å². The van der Waals surface area contributed by atoms with Crippen molar-refractivity contribution in [1.29, 1.82) is 0 Å². The lowest BCUT2D eigenvalue weighted by molar-refractivity contribution is 0.627. The van der Waals surface area contributed by atoms with E-state index in [9.17, 15) is 4.39 Å². The number of hydrogen-bond acceptors (Lipinski definition) is 5. The lowest BCUT2D eigenvalue weighted by Crippen LogP contribution is -2.09. The van der Waals surface area contributed by atoms with Gasteiger partial charge < -0.3 is 16.4 Å². The van der Waals surface area contributed by atoms with Crippen LogP contribution < -0.4 is 16.4 Å². The first-order valence-corrected chi connectivity index (χ1v) is 6.14. The highest BCUT2D eigenvalue weighted by Crippen LogP contribution is 2.22. The number of nitrogens with zero attached hydrogens (tertiary/aromatic N) is 2. The van der Waals surface area contributed by atoms with E-state index in [1.165, 1.54) is 18.5 Å². The quantitative estimate of drug-likeness (QED) is 0.705. The fourth-order valence-corrected chi connectivity index (χ4v) is 1.63. The van der Waals surface area contributed by atoms with E-state index in [1.54, 1.807) is 18.2 Å². The zero-order valence-electron chi connectivity index (χ0n) is 10.9. The van der Waals surface area contributed by atoms with Crippen molar-refractivity contribution in [3.05, 3.63) is 54.6 Å². The van der Waals surface area contributed by atoms with Gasteiger partial charge in [0.1, 0.15) is 17.8 Å². The third-order valence-electron chi connectivity index (χ3n) is 2.67. The SMILES string of the molecule is C=CCNc1ncnc(NCc2ccc(F)cc2)c1N. The van der Waals surface area contributed by atoms with E-state index in [0.717, 1.165) is 5.56 Å². The Kier molecular flexibility index (Phi) is 4.49. The van der Waals surface area contributed by atoms with Gasteiger partial charge in [-0.1, -0.05) is 18.2 Å². The van der Waals surface area contributed by atoms with Crippen LogP contribution in [0.15, 0.2) is 43.2 Å². The average molecular weight is 273 g/mol. The van der Waals surface area contributed by atoms with Crippen molar-refractivity contribution >= 4 is 17.3 Å². The molecule has 0 bridgehead atoms. The first-order valence-electron chi connectivity index (χ1n) is 6.14. The standard InChI is InChI=1S/C14H16FN5/c1-2-7-17-13-12(16)14(20-9-19-13)18-8-10-3-5-11(15)6-4-10/h2-6,9H,1,7-8,16H2,(H2,17,18,19,20). The molecule has 4 N–H and O–H groups in total. The van der Waals surface area contributed by atoms with Crippen LogP contribution in [0.25, 0.3) is 0 Å². The Morgan fingerprint density at radius 2 is 1.80 bits per heavy atom. The third kappa shape index (κ3) is 3.44. The third-order valence-corrected chi connectivity index (χ3v) is 2.67. The normalized spacial score (nSPS) is 10.1. The zero-order valence-corrected chi connectivity index (χ0v) is 10.9. The molecule has 0 saturated carbocycles. The maximum atomic E-state index is 12.8. The molecular weight excluding hydrogens is 257 g/mol. The van der Waals surface area contributed by atoms with Crippen LogP contribution in [0.4, 0.5) is 21.7 Å². The van der Waals surface area contributed by atoms with E-state index in [1.807, 2.05) is 0 Å². The molecule has 0 aliphatic rings. The molecule has 1 aromatic carbocycles. The van der Waals surface area contributed by atoms with Crippen molar-refractivity contribution in [2.24, 2.45) is 0 Å². The largest absolute Gasteiger partial charge is 0.393 e. The van der Waals surface area contributed by atoms with Crippen molar-refractivity contribution in [2.45, 2.75) is 6.54 Å². The van der Waals surface area contributed by atoms with E-state index >= 15 is 0 Å². The van der Waals surface area contributed by atoms with Crippen molar-refractivity contribution in [1.82, 2.24) is 9.97 Å². The van der Waals surface area contributed by atoms with Crippen LogP contribution in [0.1, 0.15) is 5.56 Å². The van der Waals surface area contributed by atoms with E-state index in [4.69, 9.17) is 5.73 Å². The van der Waals surface area contributed by atoms with Crippen molar-refractivity contribution in [3.8, 4) is 0 Å². The Morgan fingerprint density at radius 1 is 1.15 bits per heavy atom. The molecule has 0 amide bonds. The van der Waals surface area contributed by atoms with Crippen molar-refractivity contribution in [2.75, 3.05) is 22.9 Å². The highest BCUT2D eigenvalue weighted by molar-refractivity contribution is 5.74. The fourth-order valence-electron chi connectivity index (χ4n) is 1.63. The number of nitrogen functional groups attached to an aromatic ring is 1. The summed E-state index contributed by atoms with van der Waals surface area (Å²) in [6.45, 7) is 4.69. The molecule has 0 fully saturated rings. The molecule has 20 heavy (non-hydrogen) atoms. The molecule has 5 nitrogen and oxygen atoms in total. The first kappa shape index (κ1) is 13.8. The summed E-state index contributed by atoms with van der Waals surface area (Å²) >= 11 is 0. The predicted molar refractivity (Wildman–Crippen MR) is 78.9 cm³/mol. The van der Waals surface area contributed by atoms with Gasteiger partial charge in [-0.3, -0.25) is 0 Å². The van der Waals surface area contributed by atoms with Crippen LogP contribution in [0, 0.1) is 5.82 Å². The predicted octanol–water partition coefficient (Wildman–Crippen LogP) is 2.41. The van der Waals surface area contributed by atoms with Crippen LogP contribution in [0.2, 0.25) is 0 Å². The van der Waals surface area contributed by atoms with Crippen molar-refractivity contribution in [3.63, 3.8) is 0 Å². The first-order chi connectivity index (χ1) is 9.70. The Balaban J connectivity index is 2.05. The molecular formula is C14H16FN5. The fraction of sp³-hybridized carbons (Fsp3) is 0.143. The lowest BCUT2D eigenvalue weighted by Gasteiger charge is -2.11. The van der Waals surface area contributed by atoms with Crippen LogP contribution >= 0.6 is 0 Å². The zero-order chi connectivity index (χ0) is 14.4. The van der Waals surface area contributed by atoms with Gasteiger partial charge in [-0.25, -0.2) is 14.4 Å². The number of rotatable bonds is 6. The summed E-state index contributed by atoms with van der Waals surface area (Å²) in [6.07, 6.45) is 3.14. The number of aromatic nitrogens is 2. The number of hydrogen-bond donors (Lipinski definition) is 3. The minimum absolute atomic E-state index is 0.258. The van der Waals surface area contributed by atoms with Crippen LogP contribution in [-0.2, 0) is 6.54 Å². The molecule has 0 atom stereocenters. The van der Waals surface area contributed by atoms with Gasteiger partial charge in [-0.2, -0.15) is 0 Å². The monoisotopic (exact) mass is 273 g/mol. The topological polar surface area (TPSA) is 75.9 Å². The van der Waals surface area contributed by atoms with Gasteiger partial charge >= 0.3 is 0 Å². The van der Waals surface area contributed by atoms with Gasteiger partial charge in [-0.05, 0) is 17.7 Å². The van der Waals surface area contributed by atoms with Gasteiger partial charge in [0.25, 0.3) is 0 Å². The number of halogens is 1. The van der Waals surface area contributed by atoms with Crippen LogP contribution in [-0.4, -0.2) is 16.5 Å². The van der Waals surface area contributed by atoms with Crippen LogP contribution in [0.5, 0.6) is 0 Å². The number of benzene rings is 1. The van der Waals surface area contributed by atoms with Crippen molar-refractivity contribution < 1.29 is 4.39 Å². The van der Waals surface area contributed by atoms with E-state index in [0.29, 0.717) is 30.4 Å².